The van der Waals surface area contributed by atoms with Crippen LogP contribution in [0.25, 0.3) is 151 Å². The predicted octanol–water partition coefficient (Wildman–Crippen LogP) is 20.7. The van der Waals surface area contributed by atoms with Gasteiger partial charge in [0.25, 0.3) is 0 Å². The van der Waals surface area contributed by atoms with Gasteiger partial charge in [0, 0.05) is 63.6 Å². The van der Waals surface area contributed by atoms with Crippen molar-refractivity contribution in [3.63, 3.8) is 0 Å². The first kappa shape index (κ1) is 45.8. The van der Waals surface area contributed by atoms with Crippen molar-refractivity contribution in [2.75, 3.05) is 0 Å². The van der Waals surface area contributed by atoms with Crippen molar-refractivity contribution in [2.24, 2.45) is 0 Å². The molecule has 16 rings (SSSR count). The summed E-state index contributed by atoms with van der Waals surface area (Å²) in [4.78, 5) is 0. The third-order valence-corrected chi connectivity index (χ3v) is 18.5. The van der Waals surface area contributed by atoms with Crippen LogP contribution in [0.15, 0.2) is 255 Å². The maximum absolute atomic E-state index is 12.6. The molecule has 0 unspecified atom stereocenters. The second-order valence-corrected chi connectivity index (χ2v) is 22.5. The van der Waals surface area contributed by atoms with E-state index in [1.165, 1.54) is 25.7 Å². The standard InChI is InChI=1S/C74H42N4S2/c75-43-60-66(48-26-11-4-12-27-48)61(44-76)70(67(69(60)77-62-32-16-13-28-53(62)54-29-14-17-33-63(54)77)51-41-49(45-20-5-1-6-21-45)40-50(42-51)46-22-7-2-8-23-46)78-71-56(36-38-58-55-30-15-18-34-64(55)79-73(58)71)57-37-39-59-68-52(47-24-9-3-10-25-47)31-19-35-65(68)80-74(59)72(57)78/h1-42H. The second kappa shape index (κ2) is 18.1. The van der Waals surface area contributed by atoms with Crippen LogP contribution in [0.4, 0.5) is 0 Å². The summed E-state index contributed by atoms with van der Waals surface area (Å²) >= 11 is 3.60. The zero-order chi connectivity index (χ0) is 53.0. The van der Waals surface area contributed by atoms with Gasteiger partial charge in [0.05, 0.1) is 54.0 Å². The molecule has 16 aromatic rings. The van der Waals surface area contributed by atoms with Crippen LogP contribution < -0.4 is 0 Å². The van der Waals surface area contributed by atoms with Crippen LogP contribution in [0, 0.1) is 22.7 Å². The Morgan fingerprint density at radius 3 is 1.32 bits per heavy atom. The van der Waals surface area contributed by atoms with E-state index in [1.54, 1.807) is 22.7 Å². The van der Waals surface area contributed by atoms with Gasteiger partial charge in [0.1, 0.15) is 12.1 Å². The minimum atomic E-state index is 0.414. The van der Waals surface area contributed by atoms with Gasteiger partial charge in [-0.1, -0.05) is 212 Å². The molecule has 0 aliphatic rings. The van der Waals surface area contributed by atoms with E-state index < -0.39 is 0 Å². The van der Waals surface area contributed by atoms with Crippen molar-refractivity contribution in [3.05, 3.63) is 266 Å². The number of aromatic nitrogens is 2. The van der Waals surface area contributed by atoms with Crippen molar-refractivity contribution in [2.45, 2.75) is 0 Å². The molecule has 4 heterocycles. The normalized spacial score (nSPS) is 11.7. The highest BCUT2D eigenvalue weighted by Crippen LogP contribution is 2.54. The first-order chi connectivity index (χ1) is 39.6. The molecule has 0 fully saturated rings. The topological polar surface area (TPSA) is 57.4 Å². The molecule has 0 amide bonds. The van der Waals surface area contributed by atoms with Crippen molar-refractivity contribution in [1.29, 1.82) is 10.5 Å². The van der Waals surface area contributed by atoms with E-state index in [1.807, 2.05) is 30.3 Å². The van der Waals surface area contributed by atoms with E-state index in [2.05, 4.69) is 246 Å². The van der Waals surface area contributed by atoms with Gasteiger partial charge in [-0.15, -0.1) is 22.7 Å². The van der Waals surface area contributed by atoms with Gasteiger partial charge in [-0.05, 0) is 87.0 Å². The lowest BCUT2D eigenvalue weighted by atomic mass is 9.84. The molecule has 0 aliphatic heterocycles. The number of hydrogen-bond acceptors (Lipinski definition) is 4. The lowest BCUT2D eigenvalue weighted by Gasteiger charge is -2.26. The summed E-state index contributed by atoms with van der Waals surface area (Å²) in [6.45, 7) is 0. The van der Waals surface area contributed by atoms with Crippen LogP contribution >= 0.6 is 22.7 Å². The molecule has 6 heteroatoms. The van der Waals surface area contributed by atoms with E-state index in [4.69, 9.17) is 0 Å². The van der Waals surface area contributed by atoms with E-state index in [0.717, 1.165) is 108 Å². The molecule has 0 atom stereocenters. The molecular weight excluding hydrogens is 1010 g/mol. The average molecular weight is 1050 g/mol. The molecule has 12 aromatic carbocycles. The predicted molar refractivity (Wildman–Crippen MR) is 338 cm³/mol. The Balaban J connectivity index is 1.21. The Kier molecular flexibility index (Phi) is 10.4. The third-order valence-electron chi connectivity index (χ3n) is 16.2. The summed E-state index contributed by atoms with van der Waals surface area (Å²) in [6.07, 6.45) is 0. The molecule has 370 valence electrons. The van der Waals surface area contributed by atoms with Crippen molar-refractivity contribution < 1.29 is 0 Å². The first-order valence-corrected chi connectivity index (χ1v) is 28.4. The average Bonchev–Trinajstić information content (AvgIpc) is 4.48. The number of fused-ring (bicyclic) bond motifs is 14. The Bertz CT molecular complexity index is 5190. The highest BCUT2D eigenvalue weighted by atomic mass is 32.1. The van der Waals surface area contributed by atoms with Gasteiger partial charge in [-0.25, -0.2) is 0 Å². The Morgan fingerprint density at radius 1 is 0.300 bits per heavy atom. The minimum absolute atomic E-state index is 0.414. The molecule has 80 heavy (non-hydrogen) atoms. The molecule has 0 radical (unpaired) electrons. The van der Waals surface area contributed by atoms with Crippen LogP contribution in [0.5, 0.6) is 0 Å². The summed E-state index contributed by atoms with van der Waals surface area (Å²) < 4.78 is 9.40. The number of thiophene rings is 2. The summed E-state index contributed by atoms with van der Waals surface area (Å²) in [7, 11) is 0. The van der Waals surface area contributed by atoms with Crippen molar-refractivity contribution in [1.82, 2.24) is 9.13 Å². The maximum Gasteiger partial charge on any atom is 0.102 e. The maximum atomic E-state index is 12.6. The zero-order valence-corrected chi connectivity index (χ0v) is 44.5. The number of para-hydroxylation sites is 2. The molecule has 0 aliphatic carbocycles. The number of rotatable bonds is 7. The highest BCUT2D eigenvalue weighted by Gasteiger charge is 2.33. The number of nitriles is 2. The lowest BCUT2D eigenvalue weighted by Crippen LogP contribution is -2.11. The van der Waals surface area contributed by atoms with Crippen molar-refractivity contribution in [3.8, 4) is 79.1 Å². The quantitative estimate of drug-likeness (QED) is 0.160. The van der Waals surface area contributed by atoms with Crippen LogP contribution in [-0.4, -0.2) is 9.13 Å². The largest absolute Gasteiger partial charge is 0.307 e. The third kappa shape index (κ3) is 6.77. The van der Waals surface area contributed by atoms with Gasteiger partial charge < -0.3 is 9.13 Å². The fourth-order valence-corrected chi connectivity index (χ4v) is 15.3. The van der Waals surface area contributed by atoms with Crippen molar-refractivity contribution >= 4 is 107 Å². The first-order valence-electron chi connectivity index (χ1n) is 26.8. The van der Waals surface area contributed by atoms with Crippen LogP contribution in [-0.2, 0) is 0 Å². The van der Waals surface area contributed by atoms with Crippen LogP contribution in [0.1, 0.15) is 11.1 Å². The van der Waals surface area contributed by atoms with E-state index in [9.17, 15) is 10.5 Å². The number of hydrogen-bond donors (Lipinski definition) is 0. The highest BCUT2D eigenvalue weighted by molar-refractivity contribution is 7.27. The SMILES string of the molecule is N#Cc1c(-c2ccccc2)c(C#N)c(-n2c3c(ccc4c5ccccc5sc43)c3ccc4c(sc5cccc(-c6ccccc6)c54)c32)c(-c2cc(-c3ccccc3)cc(-c3ccccc3)c2)c1-n1c2ccccc2c2ccccc21. The fraction of sp³-hybridized carbons (Fsp3) is 0. The van der Waals surface area contributed by atoms with Crippen LogP contribution in [0.2, 0.25) is 0 Å². The molecule has 0 spiro atoms. The van der Waals surface area contributed by atoms with Crippen LogP contribution in [0.3, 0.4) is 0 Å². The molecule has 4 aromatic heterocycles. The second-order valence-electron chi connectivity index (χ2n) is 20.4. The monoisotopic (exact) mass is 1050 g/mol. The van der Waals surface area contributed by atoms with Gasteiger partial charge in [0.15, 0.2) is 0 Å². The summed E-state index contributed by atoms with van der Waals surface area (Å²) in [5.41, 5.74) is 15.7. The molecular formula is C74H42N4S2. The van der Waals surface area contributed by atoms with Gasteiger partial charge in [-0.2, -0.15) is 10.5 Å². The van der Waals surface area contributed by atoms with Gasteiger partial charge in [0.2, 0.25) is 0 Å². The summed E-state index contributed by atoms with van der Waals surface area (Å²) in [5, 5.41) is 33.9. The molecule has 0 saturated heterocycles. The molecule has 0 bridgehead atoms. The van der Waals surface area contributed by atoms with E-state index >= 15 is 0 Å². The Morgan fingerprint density at radius 2 is 0.738 bits per heavy atom. The minimum Gasteiger partial charge on any atom is -0.307 e. The lowest BCUT2D eigenvalue weighted by molar-refractivity contribution is 1.13. The van der Waals surface area contributed by atoms with Gasteiger partial charge >= 0.3 is 0 Å². The smallest absolute Gasteiger partial charge is 0.102 e. The molecule has 4 nitrogen and oxygen atoms in total. The number of nitrogens with zero attached hydrogens (tertiary/aromatic N) is 4. The molecule has 0 N–H and O–H groups in total. The number of benzene rings is 12. The van der Waals surface area contributed by atoms with Gasteiger partial charge in [-0.3, -0.25) is 0 Å². The van der Waals surface area contributed by atoms with E-state index in [-0.39, 0.29) is 0 Å². The Hall–Kier alpha value is -10.3. The zero-order valence-electron chi connectivity index (χ0n) is 42.9. The summed E-state index contributed by atoms with van der Waals surface area (Å²) in [6, 6.07) is 96.1. The Labute approximate surface area is 468 Å². The molecule has 0 saturated carbocycles. The fourth-order valence-electron chi connectivity index (χ4n) is 12.8. The summed E-state index contributed by atoms with van der Waals surface area (Å²) in [5.74, 6) is 0. The van der Waals surface area contributed by atoms with E-state index in [0.29, 0.717) is 28.1 Å².